The molecule has 21 heavy (non-hydrogen) atoms. The second-order valence-electron chi connectivity index (χ2n) is 5.29. The number of hydrogen-bond donors (Lipinski definition) is 1. The normalized spacial score (nSPS) is 16.0. The Morgan fingerprint density at radius 1 is 1.19 bits per heavy atom. The van der Waals surface area contributed by atoms with E-state index in [1.807, 2.05) is 17.0 Å². The Hall–Kier alpha value is -1.83. The molecular formula is C17H22N2O2. The highest BCUT2D eigenvalue weighted by Gasteiger charge is 2.16. The Morgan fingerprint density at radius 2 is 1.95 bits per heavy atom. The molecule has 1 amide bonds. The lowest BCUT2D eigenvalue weighted by Gasteiger charge is -2.21. The quantitative estimate of drug-likeness (QED) is 0.828. The van der Waals surface area contributed by atoms with E-state index in [2.05, 4.69) is 28.9 Å². The highest BCUT2D eigenvalue weighted by atomic mass is 16.2. The van der Waals surface area contributed by atoms with Crippen molar-refractivity contribution in [2.24, 2.45) is 0 Å². The zero-order valence-electron chi connectivity index (χ0n) is 12.5. The predicted octanol–water partition coefficient (Wildman–Crippen LogP) is 1.08. The van der Waals surface area contributed by atoms with Crippen LogP contribution in [0.1, 0.15) is 24.5 Å². The van der Waals surface area contributed by atoms with Crippen LogP contribution in [0.25, 0.3) is 0 Å². The van der Waals surface area contributed by atoms with Gasteiger partial charge >= 0.3 is 0 Å². The first-order valence-electron chi connectivity index (χ1n) is 7.35. The number of rotatable bonds is 2. The minimum atomic E-state index is -0.109. The Labute approximate surface area is 126 Å². The van der Waals surface area contributed by atoms with Crippen molar-refractivity contribution in [3.8, 4) is 11.8 Å². The topological polar surface area (TPSA) is 43.8 Å². The minimum Gasteiger partial charge on any atom is -0.384 e. The number of amides is 1. The third kappa shape index (κ3) is 4.89. The van der Waals surface area contributed by atoms with Crippen molar-refractivity contribution in [3.63, 3.8) is 0 Å². The second kappa shape index (κ2) is 7.82. The molecule has 1 fully saturated rings. The monoisotopic (exact) mass is 286 g/mol. The summed E-state index contributed by atoms with van der Waals surface area (Å²) in [6.07, 6.45) is 1.03. The van der Waals surface area contributed by atoms with Crippen LogP contribution in [0.4, 0.5) is 0 Å². The predicted molar refractivity (Wildman–Crippen MR) is 82.6 cm³/mol. The van der Waals surface area contributed by atoms with E-state index in [-0.39, 0.29) is 12.5 Å². The molecule has 1 saturated heterocycles. The van der Waals surface area contributed by atoms with Crippen LogP contribution < -0.4 is 0 Å². The fraction of sp³-hybridized carbons (Fsp3) is 0.471. The van der Waals surface area contributed by atoms with E-state index in [1.165, 1.54) is 5.56 Å². The van der Waals surface area contributed by atoms with Crippen molar-refractivity contribution in [1.82, 2.24) is 9.80 Å². The molecule has 0 bridgehead atoms. The molecule has 4 nitrogen and oxygen atoms in total. The van der Waals surface area contributed by atoms with Crippen LogP contribution in [0.3, 0.4) is 0 Å². The van der Waals surface area contributed by atoms with Gasteiger partial charge in [0.15, 0.2) is 0 Å². The van der Waals surface area contributed by atoms with Crippen LogP contribution in [0.5, 0.6) is 0 Å². The van der Waals surface area contributed by atoms with Gasteiger partial charge in [0.05, 0.1) is 0 Å². The van der Waals surface area contributed by atoms with E-state index in [0.29, 0.717) is 0 Å². The molecule has 0 radical (unpaired) electrons. The van der Waals surface area contributed by atoms with Crippen LogP contribution in [0.2, 0.25) is 0 Å². The molecule has 0 spiro atoms. The molecule has 112 valence electrons. The SMILES string of the molecule is CC(=O)N1CCCN(Cc2ccc(C#CCO)cc2)CC1. The molecule has 1 aromatic carbocycles. The molecule has 1 heterocycles. The molecule has 1 aliphatic rings. The summed E-state index contributed by atoms with van der Waals surface area (Å²) in [6.45, 7) is 6.06. The number of hydrogen-bond acceptors (Lipinski definition) is 3. The lowest BCUT2D eigenvalue weighted by molar-refractivity contribution is -0.128. The Kier molecular flexibility index (Phi) is 5.79. The standard InChI is InChI=1S/C17H22N2O2/c1-15(21)19-10-3-9-18(11-12-19)14-17-7-5-16(6-8-17)4-2-13-20/h5-8,20H,3,9-14H2,1H3. The fourth-order valence-electron chi connectivity index (χ4n) is 2.54. The molecule has 1 aromatic rings. The number of aliphatic hydroxyl groups excluding tert-OH is 1. The fourth-order valence-corrected chi connectivity index (χ4v) is 2.54. The van der Waals surface area contributed by atoms with E-state index < -0.39 is 0 Å². The lowest BCUT2D eigenvalue weighted by Crippen LogP contribution is -2.33. The molecule has 0 atom stereocenters. The molecule has 0 aliphatic carbocycles. The molecule has 2 rings (SSSR count). The van der Waals surface area contributed by atoms with Crippen molar-refractivity contribution in [2.75, 3.05) is 32.8 Å². The van der Waals surface area contributed by atoms with Crippen molar-refractivity contribution in [3.05, 3.63) is 35.4 Å². The maximum atomic E-state index is 11.4. The molecule has 0 saturated carbocycles. The zero-order valence-corrected chi connectivity index (χ0v) is 12.5. The summed E-state index contributed by atoms with van der Waals surface area (Å²) in [5.74, 6) is 5.71. The summed E-state index contributed by atoms with van der Waals surface area (Å²) in [4.78, 5) is 15.7. The summed E-state index contributed by atoms with van der Waals surface area (Å²) in [5, 5.41) is 8.68. The summed E-state index contributed by atoms with van der Waals surface area (Å²) in [5.41, 5.74) is 2.17. The number of nitrogens with zero attached hydrogens (tertiary/aromatic N) is 2. The van der Waals surface area contributed by atoms with E-state index in [9.17, 15) is 4.79 Å². The smallest absolute Gasteiger partial charge is 0.219 e. The minimum absolute atomic E-state index is 0.109. The van der Waals surface area contributed by atoms with Gasteiger partial charge in [0.25, 0.3) is 0 Å². The average Bonchev–Trinajstić information content (AvgIpc) is 2.72. The highest BCUT2D eigenvalue weighted by molar-refractivity contribution is 5.73. The van der Waals surface area contributed by atoms with Crippen LogP contribution in [0.15, 0.2) is 24.3 Å². The van der Waals surface area contributed by atoms with Crippen LogP contribution in [-0.4, -0.2) is 53.6 Å². The summed E-state index contributed by atoms with van der Waals surface area (Å²) < 4.78 is 0. The number of carbonyl (C=O) groups is 1. The number of aliphatic hydroxyl groups is 1. The molecule has 0 unspecified atom stereocenters. The van der Waals surface area contributed by atoms with Gasteiger partial charge in [-0.2, -0.15) is 0 Å². The molecule has 0 aromatic heterocycles. The summed E-state index contributed by atoms with van der Waals surface area (Å²) >= 11 is 0. The van der Waals surface area contributed by atoms with Gasteiger partial charge in [-0.1, -0.05) is 24.0 Å². The van der Waals surface area contributed by atoms with E-state index in [4.69, 9.17) is 5.11 Å². The van der Waals surface area contributed by atoms with E-state index >= 15 is 0 Å². The van der Waals surface area contributed by atoms with Gasteiger partial charge in [0.1, 0.15) is 6.61 Å². The van der Waals surface area contributed by atoms with Crippen molar-refractivity contribution >= 4 is 5.91 Å². The Balaban J connectivity index is 1.91. The third-order valence-corrected chi connectivity index (χ3v) is 3.71. The Bertz CT molecular complexity index is 528. The van der Waals surface area contributed by atoms with Crippen LogP contribution in [-0.2, 0) is 11.3 Å². The molecule has 1 N–H and O–H groups in total. The van der Waals surface area contributed by atoms with Gasteiger partial charge in [-0.05, 0) is 24.1 Å². The van der Waals surface area contributed by atoms with Gasteiger partial charge < -0.3 is 10.0 Å². The van der Waals surface area contributed by atoms with E-state index in [0.717, 1.165) is 44.7 Å². The van der Waals surface area contributed by atoms with Gasteiger partial charge in [0, 0.05) is 45.2 Å². The molecule has 1 aliphatic heterocycles. The summed E-state index contributed by atoms with van der Waals surface area (Å²) in [6, 6.07) is 8.12. The maximum Gasteiger partial charge on any atom is 0.219 e. The van der Waals surface area contributed by atoms with Gasteiger partial charge in [-0.15, -0.1) is 0 Å². The average molecular weight is 286 g/mol. The summed E-state index contributed by atoms with van der Waals surface area (Å²) in [7, 11) is 0. The van der Waals surface area contributed by atoms with Crippen LogP contribution in [0, 0.1) is 11.8 Å². The Morgan fingerprint density at radius 3 is 2.62 bits per heavy atom. The van der Waals surface area contributed by atoms with Gasteiger partial charge in [0.2, 0.25) is 5.91 Å². The largest absolute Gasteiger partial charge is 0.384 e. The highest BCUT2D eigenvalue weighted by Crippen LogP contribution is 2.10. The third-order valence-electron chi connectivity index (χ3n) is 3.71. The first-order valence-corrected chi connectivity index (χ1v) is 7.35. The van der Waals surface area contributed by atoms with Crippen molar-refractivity contribution in [2.45, 2.75) is 19.9 Å². The number of carbonyl (C=O) groups excluding carboxylic acids is 1. The van der Waals surface area contributed by atoms with Gasteiger partial charge in [-0.3, -0.25) is 9.69 Å². The second-order valence-corrected chi connectivity index (χ2v) is 5.29. The maximum absolute atomic E-state index is 11.4. The van der Waals surface area contributed by atoms with Crippen molar-refractivity contribution < 1.29 is 9.90 Å². The van der Waals surface area contributed by atoms with Crippen molar-refractivity contribution in [1.29, 1.82) is 0 Å². The first kappa shape index (κ1) is 15.6. The zero-order chi connectivity index (χ0) is 15.1. The number of benzene rings is 1. The van der Waals surface area contributed by atoms with Gasteiger partial charge in [-0.25, -0.2) is 0 Å². The van der Waals surface area contributed by atoms with E-state index in [1.54, 1.807) is 6.92 Å². The lowest BCUT2D eigenvalue weighted by atomic mass is 10.1. The molecule has 4 heteroatoms. The van der Waals surface area contributed by atoms with Crippen LogP contribution >= 0.6 is 0 Å². The first-order chi connectivity index (χ1) is 10.2. The molecular weight excluding hydrogens is 264 g/mol.